The average Bonchev–Trinajstić information content (AvgIpc) is 2.47. The van der Waals surface area contributed by atoms with Crippen molar-refractivity contribution in [3.8, 4) is 0 Å². The van der Waals surface area contributed by atoms with Crippen LogP contribution in [0.1, 0.15) is 0 Å². The number of allylic oxidation sites excluding steroid dienone is 2. The zero-order chi connectivity index (χ0) is 8.55. The van der Waals surface area contributed by atoms with Crippen molar-refractivity contribution in [1.82, 2.24) is 5.01 Å². The second kappa shape index (κ2) is 2.59. The number of fused-ring (bicyclic) bond motifs is 1. The third kappa shape index (κ3) is 0.978. The fourth-order valence-electron chi connectivity index (χ4n) is 1.53. The molecule has 0 aromatic rings. The predicted octanol–water partition coefficient (Wildman–Crippen LogP) is 0.597. The summed E-state index contributed by atoms with van der Waals surface area (Å²) in [5, 5.41) is 6.02. The lowest BCUT2D eigenvalue weighted by Gasteiger charge is -2.21. The van der Waals surface area contributed by atoms with Gasteiger partial charge < -0.3 is 0 Å². The van der Waals surface area contributed by atoms with Crippen molar-refractivity contribution in [2.24, 2.45) is 11.0 Å². The molecule has 1 aliphatic carbocycles. The van der Waals surface area contributed by atoms with Gasteiger partial charge in [0.1, 0.15) is 6.29 Å². The van der Waals surface area contributed by atoms with Crippen molar-refractivity contribution < 1.29 is 4.79 Å². The second-order valence-electron chi connectivity index (χ2n) is 3.05. The van der Waals surface area contributed by atoms with Gasteiger partial charge in [0, 0.05) is 24.8 Å². The number of hydrogen-bond donors (Lipinski definition) is 0. The highest BCUT2D eigenvalue weighted by molar-refractivity contribution is 5.80. The summed E-state index contributed by atoms with van der Waals surface area (Å²) in [7, 11) is 1.92. The molecule has 2 unspecified atom stereocenters. The first kappa shape index (κ1) is 7.28. The molecular weight excluding hydrogens is 152 g/mol. The van der Waals surface area contributed by atoms with E-state index in [1.807, 2.05) is 36.5 Å². The van der Waals surface area contributed by atoms with Crippen LogP contribution in [0.3, 0.4) is 0 Å². The Kier molecular flexibility index (Phi) is 1.57. The Morgan fingerprint density at radius 1 is 1.67 bits per heavy atom. The summed E-state index contributed by atoms with van der Waals surface area (Å²) in [6.45, 7) is 0. The highest BCUT2D eigenvalue weighted by atomic mass is 16.1. The number of carbonyl (C=O) groups is 1. The van der Waals surface area contributed by atoms with E-state index in [0.717, 1.165) is 11.9 Å². The van der Waals surface area contributed by atoms with E-state index >= 15 is 0 Å². The van der Waals surface area contributed by atoms with Crippen molar-refractivity contribution in [1.29, 1.82) is 0 Å². The van der Waals surface area contributed by atoms with Gasteiger partial charge in [0.05, 0.1) is 6.04 Å². The van der Waals surface area contributed by atoms with Crippen molar-refractivity contribution in [2.75, 3.05) is 7.05 Å². The third-order valence-corrected chi connectivity index (χ3v) is 2.26. The van der Waals surface area contributed by atoms with Crippen LogP contribution in [0.5, 0.6) is 0 Å². The highest BCUT2D eigenvalue weighted by Gasteiger charge is 2.26. The summed E-state index contributed by atoms with van der Waals surface area (Å²) in [5.41, 5.74) is 0.744. The van der Waals surface area contributed by atoms with Gasteiger partial charge in [-0.15, -0.1) is 0 Å². The quantitative estimate of drug-likeness (QED) is 0.529. The van der Waals surface area contributed by atoms with Crippen LogP contribution in [0.15, 0.2) is 28.9 Å². The largest absolute Gasteiger partial charge is 0.298 e. The zero-order valence-electron chi connectivity index (χ0n) is 6.84. The van der Waals surface area contributed by atoms with Crippen molar-refractivity contribution in [3.05, 3.63) is 23.8 Å². The van der Waals surface area contributed by atoms with E-state index in [1.165, 1.54) is 0 Å². The maximum atomic E-state index is 10.5. The number of nitrogens with zero attached hydrogens (tertiary/aromatic N) is 2. The summed E-state index contributed by atoms with van der Waals surface area (Å²) in [6.07, 6.45) is 8.59. The van der Waals surface area contributed by atoms with E-state index in [-0.39, 0.29) is 6.04 Å². The Morgan fingerprint density at radius 3 is 3.25 bits per heavy atom. The van der Waals surface area contributed by atoms with Gasteiger partial charge in [-0.3, -0.25) is 9.80 Å². The molecule has 0 saturated carbocycles. The van der Waals surface area contributed by atoms with Crippen LogP contribution >= 0.6 is 0 Å². The molecule has 12 heavy (non-hydrogen) atoms. The number of carbonyl (C=O) groups excluding carboxylic acids is 1. The summed E-state index contributed by atoms with van der Waals surface area (Å²) >= 11 is 0. The Labute approximate surface area is 71.1 Å². The van der Waals surface area contributed by atoms with Crippen molar-refractivity contribution in [2.45, 2.75) is 6.04 Å². The SMILES string of the molecule is CN1N=CC2C=CC(C=O)=CC21. The molecule has 3 heteroatoms. The normalized spacial score (nSPS) is 31.8. The number of likely N-dealkylation sites (N-methyl/N-ethyl adjacent to an activating group) is 1. The maximum Gasteiger partial charge on any atom is 0.149 e. The van der Waals surface area contributed by atoms with Gasteiger partial charge in [0.25, 0.3) is 0 Å². The standard InChI is InChI=1S/C9H10N2O/c1-11-9-4-7(6-12)2-3-8(9)5-10-11/h2-6,8-9H,1H3. The molecule has 1 aliphatic heterocycles. The molecule has 3 nitrogen and oxygen atoms in total. The van der Waals surface area contributed by atoms with Gasteiger partial charge in [0.15, 0.2) is 0 Å². The van der Waals surface area contributed by atoms with Crippen LogP contribution in [0, 0.1) is 5.92 Å². The van der Waals surface area contributed by atoms with Crippen LogP contribution in [-0.4, -0.2) is 30.6 Å². The summed E-state index contributed by atoms with van der Waals surface area (Å²) in [6, 6.07) is 0.246. The molecule has 0 radical (unpaired) electrons. The molecule has 0 bridgehead atoms. The Hall–Kier alpha value is -1.38. The van der Waals surface area contributed by atoms with Crippen LogP contribution in [0.25, 0.3) is 0 Å². The van der Waals surface area contributed by atoms with Gasteiger partial charge in [-0.05, 0) is 6.08 Å². The molecule has 2 aliphatic rings. The molecule has 0 spiro atoms. The molecule has 0 fully saturated rings. The lowest BCUT2D eigenvalue weighted by Crippen LogP contribution is -2.28. The fourth-order valence-corrected chi connectivity index (χ4v) is 1.53. The number of aldehydes is 1. The molecule has 2 rings (SSSR count). The van der Waals surface area contributed by atoms with E-state index in [2.05, 4.69) is 5.10 Å². The van der Waals surface area contributed by atoms with E-state index in [1.54, 1.807) is 0 Å². The summed E-state index contributed by atoms with van der Waals surface area (Å²) in [4.78, 5) is 10.5. The fraction of sp³-hybridized carbons (Fsp3) is 0.333. The first-order chi connectivity index (χ1) is 5.81. The molecule has 1 heterocycles. The monoisotopic (exact) mass is 162 g/mol. The molecule has 2 atom stereocenters. The number of rotatable bonds is 1. The molecule has 0 aromatic carbocycles. The third-order valence-electron chi connectivity index (χ3n) is 2.26. The molecule has 62 valence electrons. The number of hydrazone groups is 1. The van der Waals surface area contributed by atoms with Crippen LogP contribution < -0.4 is 0 Å². The molecule has 0 N–H and O–H groups in total. The van der Waals surface area contributed by atoms with Crippen LogP contribution in [0.2, 0.25) is 0 Å². The predicted molar refractivity (Wildman–Crippen MR) is 46.8 cm³/mol. The molecule has 0 aromatic heterocycles. The minimum atomic E-state index is 0.246. The van der Waals surface area contributed by atoms with Gasteiger partial charge in [-0.25, -0.2) is 0 Å². The van der Waals surface area contributed by atoms with Crippen LogP contribution in [-0.2, 0) is 4.79 Å². The first-order valence-corrected chi connectivity index (χ1v) is 3.93. The van der Waals surface area contributed by atoms with Crippen molar-refractivity contribution >= 4 is 12.5 Å². The average molecular weight is 162 g/mol. The minimum absolute atomic E-state index is 0.246. The van der Waals surface area contributed by atoms with Gasteiger partial charge in [-0.2, -0.15) is 5.10 Å². The summed E-state index contributed by atoms with van der Waals surface area (Å²) in [5.74, 6) is 0.346. The Balaban J connectivity index is 2.27. The first-order valence-electron chi connectivity index (χ1n) is 3.93. The molecule has 0 saturated heterocycles. The molecular formula is C9H10N2O. The van der Waals surface area contributed by atoms with Crippen molar-refractivity contribution in [3.63, 3.8) is 0 Å². The maximum absolute atomic E-state index is 10.5. The Morgan fingerprint density at radius 2 is 2.50 bits per heavy atom. The highest BCUT2D eigenvalue weighted by Crippen LogP contribution is 2.23. The van der Waals surface area contributed by atoms with E-state index in [4.69, 9.17) is 0 Å². The molecule has 0 amide bonds. The van der Waals surface area contributed by atoms with Gasteiger partial charge in [-0.1, -0.05) is 12.2 Å². The summed E-state index contributed by atoms with van der Waals surface area (Å²) < 4.78 is 0. The lowest BCUT2D eigenvalue weighted by molar-refractivity contribution is -0.104. The smallest absolute Gasteiger partial charge is 0.149 e. The number of hydrogen-bond acceptors (Lipinski definition) is 3. The minimum Gasteiger partial charge on any atom is -0.298 e. The topological polar surface area (TPSA) is 32.7 Å². The van der Waals surface area contributed by atoms with Crippen LogP contribution in [0.4, 0.5) is 0 Å². The lowest BCUT2D eigenvalue weighted by atomic mass is 9.94. The van der Waals surface area contributed by atoms with E-state index < -0.39 is 0 Å². The second-order valence-corrected chi connectivity index (χ2v) is 3.05. The van der Waals surface area contributed by atoms with Gasteiger partial charge >= 0.3 is 0 Å². The zero-order valence-corrected chi connectivity index (χ0v) is 6.84. The van der Waals surface area contributed by atoms with Gasteiger partial charge in [0.2, 0.25) is 0 Å². The van der Waals surface area contributed by atoms with E-state index in [9.17, 15) is 4.79 Å². The Bertz CT molecular complexity index is 291. The van der Waals surface area contributed by atoms with E-state index in [0.29, 0.717) is 5.92 Å².